The first-order valence-electron chi connectivity index (χ1n) is 11.7. The number of anilines is 1. The van der Waals surface area contributed by atoms with Gasteiger partial charge < -0.3 is 24.8 Å². The Kier molecular flexibility index (Phi) is 6.44. The van der Waals surface area contributed by atoms with Crippen molar-refractivity contribution in [1.82, 2.24) is 9.88 Å². The van der Waals surface area contributed by atoms with Crippen molar-refractivity contribution in [2.45, 2.75) is 52.2 Å². The standard InChI is InChI=1S/C25H33BN4O4/c1-17(31)29-10-12-30(13-11-29)19-7-9-22(28-16-19)20-14-18(15-23(27)32)6-8-21(20)26-33-24(2,3)25(4,5)34-26/h6-9,14,16H,10-13,15H2,1-5H3,(H2,27,32). The van der Waals surface area contributed by atoms with Gasteiger partial charge in [-0.3, -0.25) is 14.6 Å². The lowest BCUT2D eigenvalue weighted by Gasteiger charge is -2.35. The van der Waals surface area contributed by atoms with Crippen LogP contribution in [0.15, 0.2) is 36.5 Å². The van der Waals surface area contributed by atoms with Gasteiger partial charge >= 0.3 is 7.12 Å². The minimum atomic E-state index is -0.552. The van der Waals surface area contributed by atoms with Gasteiger partial charge in [-0.2, -0.15) is 0 Å². The third kappa shape index (κ3) is 4.81. The zero-order valence-electron chi connectivity index (χ0n) is 20.6. The van der Waals surface area contributed by atoms with Crippen molar-refractivity contribution in [2.75, 3.05) is 31.1 Å². The number of benzene rings is 1. The molecular weight excluding hydrogens is 431 g/mol. The second-order valence-electron chi connectivity index (χ2n) is 10.0. The van der Waals surface area contributed by atoms with Crippen LogP contribution in [0.2, 0.25) is 0 Å². The van der Waals surface area contributed by atoms with E-state index in [-0.39, 0.29) is 18.2 Å². The van der Waals surface area contributed by atoms with Crippen LogP contribution in [-0.2, 0) is 25.3 Å². The number of amides is 2. The minimum absolute atomic E-state index is 0.110. The third-order valence-corrected chi connectivity index (χ3v) is 7.12. The van der Waals surface area contributed by atoms with E-state index in [1.54, 1.807) is 6.92 Å². The summed E-state index contributed by atoms with van der Waals surface area (Å²) in [6, 6.07) is 9.79. The molecule has 1 aromatic carbocycles. The third-order valence-electron chi connectivity index (χ3n) is 7.12. The molecule has 2 aliphatic heterocycles. The fourth-order valence-corrected chi connectivity index (χ4v) is 4.32. The molecule has 0 saturated carbocycles. The van der Waals surface area contributed by atoms with Crippen LogP contribution in [-0.4, -0.2) is 66.2 Å². The van der Waals surface area contributed by atoms with E-state index < -0.39 is 18.3 Å². The van der Waals surface area contributed by atoms with Crippen LogP contribution in [0.25, 0.3) is 11.3 Å². The topological polar surface area (TPSA) is 98.0 Å². The van der Waals surface area contributed by atoms with E-state index in [1.165, 1.54) is 0 Å². The van der Waals surface area contributed by atoms with Crippen molar-refractivity contribution in [3.8, 4) is 11.3 Å². The highest BCUT2D eigenvalue weighted by molar-refractivity contribution is 6.63. The number of carbonyl (C=O) groups is 2. The maximum atomic E-state index is 11.6. The lowest BCUT2D eigenvalue weighted by Crippen LogP contribution is -2.48. The first-order chi connectivity index (χ1) is 16.0. The van der Waals surface area contributed by atoms with Crippen LogP contribution in [0.5, 0.6) is 0 Å². The van der Waals surface area contributed by atoms with Crippen LogP contribution in [0.1, 0.15) is 40.2 Å². The normalized spacial score (nSPS) is 19.4. The highest BCUT2D eigenvalue weighted by Crippen LogP contribution is 2.37. The van der Waals surface area contributed by atoms with E-state index in [1.807, 2.05) is 69.1 Å². The summed E-state index contributed by atoms with van der Waals surface area (Å²) in [7, 11) is -0.552. The van der Waals surface area contributed by atoms with Gasteiger partial charge in [0.25, 0.3) is 0 Å². The van der Waals surface area contributed by atoms with Crippen molar-refractivity contribution in [2.24, 2.45) is 5.73 Å². The van der Waals surface area contributed by atoms with E-state index in [4.69, 9.17) is 20.0 Å². The number of pyridine rings is 1. The molecule has 180 valence electrons. The van der Waals surface area contributed by atoms with Crippen LogP contribution >= 0.6 is 0 Å². The summed E-state index contributed by atoms with van der Waals surface area (Å²) in [6.45, 7) is 12.6. The zero-order chi connectivity index (χ0) is 24.7. The summed E-state index contributed by atoms with van der Waals surface area (Å²) < 4.78 is 12.6. The van der Waals surface area contributed by atoms with E-state index in [9.17, 15) is 9.59 Å². The molecule has 0 bridgehead atoms. The molecule has 1 aromatic heterocycles. The highest BCUT2D eigenvalue weighted by Gasteiger charge is 2.52. The summed E-state index contributed by atoms with van der Waals surface area (Å²) in [5.41, 5.74) is 8.80. The molecular formula is C25H33BN4O4. The molecule has 0 atom stereocenters. The van der Waals surface area contributed by atoms with E-state index in [0.29, 0.717) is 13.1 Å². The van der Waals surface area contributed by atoms with Crippen LogP contribution in [0.3, 0.4) is 0 Å². The number of primary amides is 1. The Morgan fingerprint density at radius 3 is 2.21 bits per heavy atom. The summed E-state index contributed by atoms with van der Waals surface area (Å²) in [5.74, 6) is -0.276. The molecule has 34 heavy (non-hydrogen) atoms. The summed E-state index contributed by atoms with van der Waals surface area (Å²) in [6.07, 6.45) is 2.00. The predicted molar refractivity (Wildman–Crippen MR) is 133 cm³/mol. The molecule has 3 heterocycles. The van der Waals surface area contributed by atoms with Gasteiger partial charge in [0.05, 0.1) is 35.2 Å². The lowest BCUT2D eigenvalue weighted by atomic mass is 9.74. The van der Waals surface area contributed by atoms with Gasteiger partial charge in [0.1, 0.15) is 0 Å². The van der Waals surface area contributed by atoms with Crippen molar-refractivity contribution < 1.29 is 18.9 Å². The molecule has 0 unspecified atom stereocenters. The molecule has 9 heteroatoms. The smallest absolute Gasteiger partial charge is 0.399 e. The van der Waals surface area contributed by atoms with Gasteiger partial charge in [-0.05, 0) is 56.9 Å². The van der Waals surface area contributed by atoms with E-state index >= 15 is 0 Å². The Bertz CT molecular complexity index is 1060. The minimum Gasteiger partial charge on any atom is -0.399 e. The average molecular weight is 464 g/mol. The molecule has 2 aliphatic rings. The Balaban J connectivity index is 1.63. The number of nitrogens with zero attached hydrogens (tertiary/aromatic N) is 3. The van der Waals surface area contributed by atoms with Gasteiger partial charge in [-0.15, -0.1) is 0 Å². The molecule has 4 rings (SSSR count). The van der Waals surface area contributed by atoms with E-state index in [0.717, 1.165) is 41.1 Å². The van der Waals surface area contributed by atoms with Gasteiger partial charge in [0.2, 0.25) is 11.8 Å². The quantitative estimate of drug-likeness (QED) is 0.678. The highest BCUT2D eigenvalue weighted by atomic mass is 16.7. The molecule has 2 fully saturated rings. The zero-order valence-corrected chi connectivity index (χ0v) is 20.6. The Morgan fingerprint density at radius 1 is 1.03 bits per heavy atom. The summed E-state index contributed by atoms with van der Waals surface area (Å²) in [4.78, 5) is 32.0. The first kappa shape index (κ1) is 24.2. The molecule has 0 aliphatic carbocycles. The predicted octanol–water partition coefficient (Wildman–Crippen LogP) is 1.74. The maximum Gasteiger partial charge on any atom is 0.495 e. The number of piperazine rings is 1. The summed E-state index contributed by atoms with van der Waals surface area (Å²) in [5, 5.41) is 0. The Morgan fingerprint density at radius 2 is 1.68 bits per heavy atom. The number of nitrogens with two attached hydrogens (primary N) is 1. The SMILES string of the molecule is CC(=O)N1CCN(c2ccc(-c3cc(CC(N)=O)ccc3B3OC(C)(C)C(C)(C)O3)nc2)CC1. The lowest BCUT2D eigenvalue weighted by molar-refractivity contribution is -0.129. The number of rotatable bonds is 5. The maximum absolute atomic E-state index is 11.6. The van der Waals surface area contributed by atoms with Gasteiger partial charge in [-0.25, -0.2) is 0 Å². The first-order valence-corrected chi connectivity index (χ1v) is 11.7. The van der Waals surface area contributed by atoms with Crippen LogP contribution in [0, 0.1) is 0 Å². The Labute approximate surface area is 201 Å². The number of hydrogen-bond acceptors (Lipinski definition) is 6. The molecule has 2 N–H and O–H groups in total. The number of hydrogen-bond donors (Lipinski definition) is 1. The fourth-order valence-electron chi connectivity index (χ4n) is 4.32. The summed E-state index contributed by atoms with van der Waals surface area (Å²) >= 11 is 0. The van der Waals surface area contributed by atoms with Gasteiger partial charge in [-0.1, -0.05) is 12.1 Å². The van der Waals surface area contributed by atoms with Crippen molar-refractivity contribution in [3.05, 3.63) is 42.1 Å². The van der Waals surface area contributed by atoms with E-state index in [2.05, 4.69) is 4.90 Å². The number of carbonyl (C=O) groups excluding carboxylic acids is 2. The molecule has 2 amide bonds. The van der Waals surface area contributed by atoms with Gasteiger partial charge in [0, 0.05) is 38.7 Å². The molecule has 0 radical (unpaired) electrons. The van der Waals surface area contributed by atoms with Crippen LogP contribution in [0.4, 0.5) is 5.69 Å². The largest absolute Gasteiger partial charge is 0.495 e. The molecule has 2 aromatic rings. The van der Waals surface area contributed by atoms with Crippen molar-refractivity contribution >= 4 is 30.1 Å². The van der Waals surface area contributed by atoms with Gasteiger partial charge in [0.15, 0.2) is 0 Å². The number of aromatic nitrogens is 1. The van der Waals surface area contributed by atoms with Crippen LogP contribution < -0.4 is 16.1 Å². The second kappa shape index (κ2) is 9.04. The molecule has 8 nitrogen and oxygen atoms in total. The van der Waals surface area contributed by atoms with Crippen molar-refractivity contribution in [1.29, 1.82) is 0 Å². The Hall–Kier alpha value is -2.91. The molecule has 0 spiro atoms. The fraction of sp³-hybridized carbons (Fsp3) is 0.480. The monoisotopic (exact) mass is 464 g/mol. The van der Waals surface area contributed by atoms with Crippen molar-refractivity contribution in [3.63, 3.8) is 0 Å². The molecule has 2 saturated heterocycles. The average Bonchev–Trinajstić information content (AvgIpc) is 3.00. The second-order valence-corrected chi connectivity index (χ2v) is 10.0.